The van der Waals surface area contributed by atoms with Gasteiger partial charge in [0.05, 0.1) is 19.8 Å². The Labute approximate surface area is 411 Å². The Hall–Kier alpha value is -4.12. The summed E-state index contributed by atoms with van der Waals surface area (Å²) < 4.78 is 39.1. The summed E-state index contributed by atoms with van der Waals surface area (Å²) in [6.45, 7) is 4.18. The highest BCUT2D eigenvalue weighted by Gasteiger charge is 2.28. The van der Waals surface area contributed by atoms with Gasteiger partial charge in [0.2, 0.25) is 0 Å². The maximum absolute atomic E-state index is 12.8. The molecule has 0 heterocycles. The van der Waals surface area contributed by atoms with Crippen LogP contribution in [0.15, 0.2) is 122 Å². The van der Waals surface area contributed by atoms with Crippen LogP contribution in [0.2, 0.25) is 0 Å². The van der Waals surface area contributed by atoms with Crippen molar-refractivity contribution < 1.29 is 52.2 Å². The van der Waals surface area contributed by atoms with Gasteiger partial charge < -0.3 is 24.2 Å². The largest absolute Gasteiger partial charge is 0.472 e. The fourth-order valence-electron chi connectivity index (χ4n) is 6.10. The lowest BCUT2D eigenvalue weighted by Gasteiger charge is -2.21. The predicted molar refractivity (Wildman–Crippen MR) is 279 cm³/mol. The molecule has 0 radical (unpaired) electrons. The van der Waals surface area contributed by atoms with E-state index >= 15 is 0 Å². The zero-order valence-corrected chi connectivity index (χ0v) is 42.9. The first kappa shape index (κ1) is 63.9. The van der Waals surface area contributed by atoms with Crippen LogP contribution in [0.25, 0.3) is 0 Å². The third-order valence-corrected chi connectivity index (χ3v) is 10.9. The maximum Gasteiger partial charge on any atom is 0.472 e. The Morgan fingerprint density at radius 1 is 0.426 bits per heavy atom. The number of unbranched alkanes of at least 4 members (excludes halogenated alkanes) is 8. The highest BCUT2D eigenvalue weighted by Crippen LogP contribution is 2.43. The van der Waals surface area contributed by atoms with E-state index < -0.39 is 57.8 Å². The summed E-state index contributed by atoms with van der Waals surface area (Å²) in [7, 11) is -4.78. The van der Waals surface area contributed by atoms with Crippen molar-refractivity contribution in [3.8, 4) is 0 Å². The highest BCUT2D eigenvalue weighted by atomic mass is 31.2. The molecule has 2 N–H and O–H groups in total. The van der Waals surface area contributed by atoms with E-state index in [1.165, 1.54) is 32.1 Å². The fourth-order valence-corrected chi connectivity index (χ4v) is 6.88. The van der Waals surface area contributed by atoms with Crippen molar-refractivity contribution in [2.24, 2.45) is 0 Å². The minimum Gasteiger partial charge on any atom is -0.462 e. The molecule has 0 aliphatic carbocycles. The molecule has 0 aliphatic rings. The molecule has 3 unspecified atom stereocenters. The van der Waals surface area contributed by atoms with Crippen molar-refractivity contribution in [1.82, 2.24) is 0 Å². The van der Waals surface area contributed by atoms with Crippen LogP contribution in [0.4, 0.5) is 0 Å². The SMILES string of the molecule is CC/C=C\C/C=C\C/C=C\C/C=C\C/C=C\C/C=C\CCC(=O)OC(COC(=O)CCCCCCCCCCC)COP(=O)(O)OCC(CO)OC(=O)CC/C=C\C/C=C\C/C=C\C/C=C\CC. The van der Waals surface area contributed by atoms with Crippen molar-refractivity contribution in [1.29, 1.82) is 0 Å². The molecule has 68 heavy (non-hydrogen) atoms. The first-order valence-corrected chi connectivity index (χ1v) is 26.9. The van der Waals surface area contributed by atoms with Crippen LogP contribution in [0.3, 0.4) is 0 Å². The van der Waals surface area contributed by atoms with Crippen LogP contribution in [-0.2, 0) is 42.2 Å². The minimum absolute atomic E-state index is 0.0319. The number of hydrogen-bond donors (Lipinski definition) is 2. The van der Waals surface area contributed by atoms with Gasteiger partial charge in [-0.1, -0.05) is 194 Å². The molecule has 384 valence electrons. The van der Waals surface area contributed by atoms with Crippen LogP contribution in [0.1, 0.15) is 175 Å². The number of phosphoric acid groups is 1. The second-order valence-electron chi connectivity index (χ2n) is 16.2. The van der Waals surface area contributed by atoms with Gasteiger partial charge in [-0.2, -0.15) is 0 Å². The van der Waals surface area contributed by atoms with E-state index in [1.54, 1.807) is 0 Å². The zero-order chi connectivity index (χ0) is 49.9. The number of aliphatic hydroxyl groups excluding tert-OH is 1. The van der Waals surface area contributed by atoms with E-state index in [2.05, 4.69) is 112 Å². The van der Waals surface area contributed by atoms with Gasteiger partial charge in [-0.05, 0) is 83.5 Å². The first-order valence-electron chi connectivity index (χ1n) is 25.4. The molecule has 12 heteroatoms. The average molecular weight is 969 g/mol. The molecule has 0 amide bonds. The normalized spacial score (nSPS) is 14.5. The van der Waals surface area contributed by atoms with Gasteiger partial charge in [-0.25, -0.2) is 4.57 Å². The van der Waals surface area contributed by atoms with Crippen molar-refractivity contribution in [2.45, 2.75) is 187 Å². The van der Waals surface area contributed by atoms with Crippen LogP contribution >= 0.6 is 7.82 Å². The molecule has 11 nitrogen and oxygen atoms in total. The van der Waals surface area contributed by atoms with E-state index in [9.17, 15) is 28.9 Å². The van der Waals surface area contributed by atoms with Crippen LogP contribution in [0.5, 0.6) is 0 Å². The number of carbonyl (C=O) groups is 3. The smallest absolute Gasteiger partial charge is 0.462 e. The number of allylic oxidation sites excluding steroid dienone is 20. The second kappa shape index (κ2) is 49.3. The standard InChI is InChI=1S/C56H89O11P/c1-4-7-10-13-16-19-21-23-24-25-26-27-28-30-32-35-38-41-44-47-56(60)67-53(49-63-54(58)45-42-39-36-33-18-15-12-9-6-3)51-65-68(61,62)64-50-52(48-57)66-55(59)46-43-40-37-34-31-29-22-20-17-14-11-8-5-2/h7-8,10-11,16-17,19-20,23-24,26-27,29-32,37-38,40-41,52-53,57H,4-6,9,12-15,18,21-22,25,28,33-36,39,42-51H2,1-3H3,(H,61,62)/b10-7-,11-8-,19-16-,20-17-,24-23-,27-26-,31-29-,32-30-,40-37-,41-38-. The van der Waals surface area contributed by atoms with Crippen LogP contribution in [-0.4, -0.2) is 66.5 Å². The lowest BCUT2D eigenvalue weighted by molar-refractivity contribution is -0.161. The number of hydrogen-bond acceptors (Lipinski definition) is 10. The van der Waals surface area contributed by atoms with Gasteiger partial charge in [0.15, 0.2) is 6.10 Å². The molecule has 0 aliphatic heterocycles. The van der Waals surface area contributed by atoms with Gasteiger partial charge in [-0.3, -0.25) is 23.4 Å². The van der Waals surface area contributed by atoms with E-state index in [1.807, 2.05) is 30.4 Å². The Kier molecular flexibility index (Phi) is 46.3. The Balaban J connectivity index is 4.90. The molecular formula is C56H89O11P. The Bertz CT molecular complexity index is 1600. The summed E-state index contributed by atoms with van der Waals surface area (Å²) in [4.78, 5) is 48.1. The Morgan fingerprint density at radius 3 is 1.15 bits per heavy atom. The van der Waals surface area contributed by atoms with Gasteiger partial charge in [0.1, 0.15) is 12.7 Å². The summed E-state index contributed by atoms with van der Waals surface area (Å²) in [5, 5.41) is 9.74. The summed E-state index contributed by atoms with van der Waals surface area (Å²) in [5.41, 5.74) is 0. The number of rotatable bonds is 45. The van der Waals surface area contributed by atoms with Crippen molar-refractivity contribution >= 4 is 25.7 Å². The third-order valence-electron chi connectivity index (χ3n) is 9.91. The molecule has 0 bridgehead atoms. The topological polar surface area (TPSA) is 155 Å². The fraction of sp³-hybridized carbons (Fsp3) is 0.589. The molecule has 0 aromatic rings. The Morgan fingerprint density at radius 2 is 0.765 bits per heavy atom. The van der Waals surface area contributed by atoms with Gasteiger partial charge in [0, 0.05) is 19.3 Å². The van der Waals surface area contributed by atoms with Crippen LogP contribution in [0, 0.1) is 0 Å². The van der Waals surface area contributed by atoms with Gasteiger partial charge in [0.25, 0.3) is 0 Å². The van der Waals surface area contributed by atoms with Crippen molar-refractivity contribution in [2.75, 3.05) is 26.4 Å². The van der Waals surface area contributed by atoms with E-state index in [0.29, 0.717) is 25.7 Å². The second-order valence-corrected chi connectivity index (χ2v) is 17.7. The summed E-state index contributed by atoms with van der Waals surface area (Å²) in [6, 6.07) is 0. The first-order chi connectivity index (χ1) is 33.2. The minimum atomic E-state index is -4.78. The monoisotopic (exact) mass is 969 g/mol. The zero-order valence-electron chi connectivity index (χ0n) is 42.0. The summed E-state index contributed by atoms with van der Waals surface area (Å²) in [6.07, 6.45) is 59.3. The molecule has 3 atom stereocenters. The lowest BCUT2D eigenvalue weighted by Crippen LogP contribution is -2.30. The molecule has 0 saturated carbocycles. The molecule has 0 aromatic carbocycles. The number of ether oxygens (including phenoxy) is 3. The van der Waals surface area contributed by atoms with Gasteiger partial charge in [-0.15, -0.1) is 0 Å². The van der Waals surface area contributed by atoms with Crippen molar-refractivity contribution in [3.05, 3.63) is 122 Å². The predicted octanol–water partition coefficient (Wildman–Crippen LogP) is 14.5. The molecule has 0 aromatic heterocycles. The number of esters is 3. The number of phosphoric ester groups is 1. The number of aliphatic hydroxyl groups is 1. The van der Waals surface area contributed by atoms with Crippen molar-refractivity contribution in [3.63, 3.8) is 0 Å². The molecule has 0 fully saturated rings. The molecule has 0 saturated heterocycles. The quantitative estimate of drug-likeness (QED) is 0.0197. The lowest BCUT2D eigenvalue weighted by atomic mass is 10.1. The van der Waals surface area contributed by atoms with E-state index in [0.717, 1.165) is 77.0 Å². The third kappa shape index (κ3) is 47.0. The van der Waals surface area contributed by atoms with Crippen LogP contribution < -0.4 is 0 Å². The molecule has 0 spiro atoms. The summed E-state index contributed by atoms with van der Waals surface area (Å²) in [5.74, 6) is -1.67. The van der Waals surface area contributed by atoms with Gasteiger partial charge >= 0.3 is 25.7 Å². The average Bonchev–Trinajstić information content (AvgIpc) is 3.32. The summed E-state index contributed by atoms with van der Waals surface area (Å²) >= 11 is 0. The highest BCUT2D eigenvalue weighted by molar-refractivity contribution is 7.47. The molecule has 0 rings (SSSR count). The van der Waals surface area contributed by atoms with E-state index in [-0.39, 0.29) is 25.9 Å². The molecular weight excluding hydrogens is 880 g/mol. The van der Waals surface area contributed by atoms with E-state index in [4.69, 9.17) is 23.3 Å². The maximum atomic E-state index is 12.8. The number of carbonyl (C=O) groups excluding carboxylic acids is 3.